The van der Waals surface area contributed by atoms with Crippen molar-refractivity contribution in [3.63, 3.8) is 0 Å². The first kappa shape index (κ1) is 18.6. The van der Waals surface area contributed by atoms with Gasteiger partial charge in [0.25, 0.3) is 0 Å². The summed E-state index contributed by atoms with van der Waals surface area (Å²) < 4.78 is 14.3. The van der Waals surface area contributed by atoms with E-state index in [2.05, 4.69) is 21.2 Å². The molecular formula is C20H20BrFN2O2. The third-order valence-corrected chi connectivity index (χ3v) is 4.79. The van der Waals surface area contributed by atoms with Crippen molar-refractivity contribution in [1.29, 1.82) is 0 Å². The summed E-state index contributed by atoms with van der Waals surface area (Å²) >= 11 is 3.46. The summed E-state index contributed by atoms with van der Waals surface area (Å²) in [4.78, 5) is 27.1. The van der Waals surface area contributed by atoms with E-state index in [-0.39, 0.29) is 24.2 Å². The minimum Gasteiger partial charge on any atom is -0.324 e. The second-order valence-corrected chi connectivity index (χ2v) is 8.33. The van der Waals surface area contributed by atoms with Gasteiger partial charge in [0.05, 0.1) is 6.04 Å². The van der Waals surface area contributed by atoms with E-state index < -0.39 is 11.5 Å². The predicted molar refractivity (Wildman–Crippen MR) is 102 cm³/mol. The zero-order valence-corrected chi connectivity index (χ0v) is 16.4. The SMILES string of the molecule is CC(C)(C)C(=O)N1CC(=O)Nc2ccc(Br)cc2C1c1ccc(F)cc1. The van der Waals surface area contributed by atoms with Crippen molar-refractivity contribution in [3.05, 3.63) is 63.9 Å². The largest absolute Gasteiger partial charge is 0.324 e. The first-order valence-corrected chi connectivity index (χ1v) is 9.12. The van der Waals surface area contributed by atoms with Gasteiger partial charge in [0.2, 0.25) is 11.8 Å². The number of carbonyl (C=O) groups is 2. The molecule has 4 nitrogen and oxygen atoms in total. The van der Waals surface area contributed by atoms with Crippen LogP contribution in [-0.2, 0) is 9.59 Å². The van der Waals surface area contributed by atoms with Gasteiger partial charge in [-0.2, -0.15) is 0 Å². The summed E-state index contributed by atoms with van der Waals surface area (Å²) in [5.41, 5.74) is 1.53. The summed E-state index contributed by atoms with van der Waals surface area (Å²) in [6, 6.07) is 11.1. The Kier molecular flexibility index (Phi) is 4.88. The van der Waals surface area contributed by atoms with Crippen LogP contribution < -0.4 is 5.32 Å². The number of carbonyl (C=O) groups excluding carboxylic acids is 2. The minimum atomic E-state index is -0.658. The molecule has 1 aliphatic heterocycles. The first-order valence-electron chi connectivity index (χ1n) is 8.32. The van der Waals surface area contributed by atoms with Crippen molar-refractivity contribution in [1.82, 2.24) is 4.90 Å². The highest BCUT2D eigenvalue weighted by Crippen LogP contribution is 2.39. The Morgan fingerprint density at radius 3 is 2.46 bits per heavy atom. The lowest BCUT2D eigenvalue weighted by Gasteiger charge is -2.35. The molecule has 0 radical (unpaired) electrons. The van der Waals surface area contributed by atoms with Crippen LogP contribution in [0.5, 0.6) is 0 Å². The molecule has 0 fully saturated rings. The maximum atomic E-state index is 13.4. The fourth-order valence-electron chi connectivity index (χ4n) is 3.10. The van der Waals surface area contributed by atoms with Crippen LogP contribution in [-0.4, -0.2) is 23.3 Å². The van der Waals surface area contributed by atoms with Gasteiger partial charge in [-0.05, 0) is 35.9 Å². The number of amides is 2. The molecule has 1 aliphatic rings. The van der Waals surface area contributed by atoms with Gasteiger partial charge in [0.1, 0.15) is 12.4 Å². The van der Waals surface area contributed by atoms with Crippen molar-refractivity contribution in [2.75, 3.05) is 11.9 Å². The average Bonchev–Trinajstić information content (AvgIpc) is 2.70. The van der Waals surface area contributed by atoms with E-state index >= 15 is 0 Å². The monoisotopic (exact) mass is 418 g/mol. The quantitative estimate of drug-likeness (QED) is 0.740. The molecule has 6 heteroatoms. The molecule has 1 atom stereocenters. The van der Waals surface area contributed by atoms with Gasteiger partial charge in [-0.3, -0.25) is 9.59 Å². The van der Waals surface area contributed by atoms with Crippen molar-refractivity contribution in [2.24, 2.45) is 5.41 Å². The molecule has 2 aromatic carbocycles. The second kappa shape index (κ2) is 6.83. The molecule has 1 N–H and O–H groups in total. The van der Waals surface area contributed by atoms with Crippen LogP contribution in [0.25, 0.3) is 0 Å². The van der Waals surface area contributed by atoms with Crippen molar-refractivity contribution in [3.8, 4) is 0 Å². The Hall–Kier alpha value is -2.21. The molecule has 1 heterocycles. The topological polar surface area (TPSA) is 49.4 Å². The number of hydrogen-bond donors (Lipinski definition) is 1. The third-order valence-electron chi connectivity index (χ3n) is 4.30. The molecule has 0 saturated carbocycles. The molecule has 1 unspecified atom stereocenters. The molecule has 0 spiro atoms. The van der Waals surface area contributed by atoms with E-state index in [1.807, 2.05) is 32.9 Å². The molecule has 3 rings (SSSR count). The molecule has 0 aromatic heterocycles. The number of halogens is 2. The summed E-state index contributed by atoms with van der Waals surface area (Å²) in [6.07, 6.45) is 0. The van der Waals surface area contributed by atoms with Gasteiger partial charge in [0, 0.05) is 21.1 Å². The highest BCUT2D eigenvalue weighted by atomic mass is 79.9. The van der Waals surface area contributed by atoms with Crippen LogP contribution in [0.2, 0.25) is 0 Å². The van der Waals surface area contributed by atoms with Crippen molar-refractivity contribution in [2.45, 2.75) is 26.8 Å². The first-order chi connectivity index (χ1) is 12.2. The number of benzene rings is 2. The van der Waals surface area contributed by atoms with Gasteiger partial charge in [-0.25, -0.2) is 4.39 Å². The van der Waals surface area contributed by atoms with Crippen molar-refractivity contribution >= 4 is 33.4 Å². The van der Waals surface area contributed by atoms with E-state index in [0.29, 0.717) is 5.69 Å². The van der Waals surface area contributed by atoms with Crippen LogP contribution >= 0.6 is 15.9 Å². The average molecular weight is 419 g/mol. The fraction of sp³-hybridized carbons (Fsp3) is 0.300. The van der Waals surface area contributed by atoms with Crippen LogP contribution in [0.3, 0.4) is 0 Å². The highest BCUT2D eigenvalue weighted by molar-refractivity contribution is 9.10. The number of anilines is 1. The number of nitrogens with zero attached hydrogens (tertiary/aromatic N) is 1. The van der Waals surface area contributed by atoms with Gasteiger partial charge in [-0.15, -0.1) is 0 Å². The van der Waals surface area contributed by atoms with Gasteiger partial charge >= 0.3 is 0 Å². The van der Waals surface area contributed by atoms with Gasteiger partial charge in [0.15, 0.2) is 0 Å². The smallest absolute Gasteiger partial charge is 0.244 e. The number of hydrogen-bond acceptors (Lipinski definition) is 2. The van der Waals surface area contributed by atoms with E-state index in [0.717, 1.165) is 15.6 Å². The Morgan fingerprint density at radius 2 is 1.85 bits per heavy atom. The van der Waals surface area contributed by atoms with Crippen LogP contribution in [0.15, 0.2) is 46.9 Å². The lowest BCUT2D eigenvalue weighted by molar-refractivity contribution is -0.143. The van der Waals surface area contributed by atoms with Crippen LogP contribution in [0, 0.1) is 11.2 Å². The Bertz CT molecular complexity index is 859. The Labute approximate surface area is 160 Å². The zero-order valence-electron chi connectivity index (χ0n) is 14.8. The maximum absolute atomic E-state index is 13.4. The van der Waals surface area contributed by atoms with Crippen molar-refractivity contribution < 1.29 is 14.0 Å². The zero-order chi connectivity index (χ0) is 19.1. The fourth-order valence-corrected chi connectivity index (χ4v) is 3.48. The minimum absolute atomic E-state index is 0.0650. The Balaban J connectivity index is 2.22. The standard InChI is InChI=1S/C20H20BrFN2O2/c1-20(2,3)19(26)24-11-17(25)23-16-9-6-13(21)10-15(16)18(24)12-4-7-14(22)8-5-12/h4-10,18H,11H2,1-3H3,(H,23,25). The van der Waals surface area contributed by atoms with Crippen LogP contribution in [0.1, 0.15) is 37.9 Å². The van der Waals surface area contributed by atoms with Gasteiger partial charge in [-0.1, -0.05) is 48.8 Å². The summed E-state index contributed by atoms with van der Waals surface area (Å²) in [5, 5.41) is 2.87. The summed E-state index contributed by atoms with van der Waals surface area (Å²) in [6.45, 7) is 5.40. The maximum Gasteiger partial charge on any atom is 0.244 e. The second-order valence-electron chi connectivity index (χ2n) is 7.42. The molecule has 0 saturated heterocycles. The number of fused-ring (bicyclic) bond motifs is 1. The van der Waals surface area contributed by atoms with E-state index in [1.165, 1.54) is 12.1 Å². The molecule has 26 heavy (non-hydrogen) atoms. The molecule has 0 aliphatic carbocycles. The van der Waals surface area contributed by atoms with Gasteiger partial charge < -0.3 is 10.2 Å². The molecule has 136 valence electrons. The van der Waals surface area contributed by atoms with E-state index in [1.54, 1.807) is 23.1 Å². The highest BCUT2D eigenvalue weighted by Gasteiger charge is 2.37. The lowest BCUT2D eigenvalue weighted by atomic mass is 9.90. The number of nitrogens with one attached hydrogen (secondary N) is 1. The molecule has 0 bridgehead atoms. The molecule has 2 amide bonds. The third kappa shape index (κ3) is 3.65. The number of rotatable bonds is 1. The summed E-state index contributed by atoms with van der Waals surface area (Å²) in [7, 11) is 0. The summed E-state index contributed by atoms with van der Waals surface area (Å²) in [5.74, 6) is -0.745. The van der Waals surface area contributed by atoms with E-state index in [9.17, 15) is 14.0 Å². The van der Waals surface area contributed by atoms with Crippen LogP contribution in [0.4, 0.5) is 10.1 Å². The molecule has 2 aromatic rings. The lowest BCUT2D eigenvalue weighted by Crippen LogP contribution is -2.44. The Morgan fingerprint density at radius 1 is 1.19 bits per heavy atom. The molecular weight excluding hydrogens is 399 g/mol. The van der Waals surface area contributed by atoms with E-state index in [4.69, 9.17) is 0 Å². The normalized spacial score (nSPS) is 17.3. The predicted octanol–water partition coefficient (Wildman–Crippen LogP) is 4.50.